The van der Waals surface area contributed by atoms with Crippen molar-refractivity contribution in [3.05, 3.63) is 35.6 Å². The molecular weight excluding hydrogens is 160 g/mol. The quantitative estimate of drug-likeness (QED) is 0.673. The zero-order chi connectivity index (χ0) is 8.60. The lowest BCUT2D eigenvalue weighted by Crippen LogP contribution is -2.53. The summed E-state index contributed by atoms with van der Waals surface area (Å²) < 4.78 is 26.3. The first-order valence-corrected chi connectivity index (χ1v) is 3.86. The minimum absolute atomic E-state index is 0.288. The molecule has 1 fully saturated rings. The predicted octanol–water partition coefficient (Wildman–Crippen LogP) is 1.59. The number of benzene rings is 1. The van der Waals surface area contributed by atoms with Crippen LogP contribution in [0.1, 0.15) is 5.56 Å². The molecule has 0 unspecified atom stereocenters. The van der Waals surface area contributed by atoms with Crippen molar-refractivity contribution in [2.24, 2.45) is 0 Å². The van der Waals surface area contributed by atoms with Crippen molar-refractivity contribution in [3.63, 3.8) is 0 Å². The normalized spacial score (nSPS) is 20.2. The van der Waals surface area contributed by atoms with Crippen molar-refractivity contribution in [1.82, 2.24) is 5.32 Å². The Hall–Kier alpha value is -0.960. The molecule has 1 aliphatic heterocycles. The Morgan fingerprint density at radius 3 is 2.58 bits per heavy atom. The Morgan fingerprint density at radius 1 is 1.33 bits per heavy atom. The predicted molar refractivity (Wildman–Crippen MR) is 42.1 cm³/mol. The Kier molecular flexibility index (Phi) is 1.61. The van der Waals surface area contributed by atoms with Crippen LogP contribution in [-0.2, 0) is 5.67 Å². The van der Waals surface area contributed by atoms with Crippen molar-refractivity contribution < 1.29 is 8.78 Å². The van der Waals surface area contributed by atoms with E-state index in [0.717, 1.165) is 0 Å². The Morgan fingerprint density at radius 2 is 2.08 bits per heavy atom. The number of nitrogens with one attached hydrogen (secondary N) is 1. The SMILES string of the molecule is Fc1cccc(C2(F)CNC2)c1. The van der Waals surface area contributed by atoms with Crippen LogP contribution in [0.25, 0.3) is 0 Å². The van der Waals surface area contributed by atoms with E-state index >= 15 is 0 Å². The third-order valence-electron chi connectivity index (χ3n) is 2.15. The summed E-state index contributed by atoms with van der Waals surface area (Å²) in [6.45, 7) is 0.576. The van der Waals surface area contributed by atoms with Gasteiger partial charge in [0.25, 0.3) is 0 Å². The summed E-state index contributed by atoms with van der Waals surface area (Å²) in [5, 5.41) is 2.82. The van der Waals surface area contributed by atoms with Gasteiger partial charge in [0, 0.05) is 13.1 Å². The van der Waals surface area contributed by atoms with Crippen LogP contribution >= 0.6 is 0 Å². The van der Waals surface area contributed by atoms with Crippen LogP contribution in [0.15, 0.2) is 24.3 Å². The molecule has 64 valence electrons. The Labute approximate surface area is 69.4 Å². The van der Waals surface area contributed by atoms with Gasteiger partial charge in [-0.1, -0.05) is 12.1 Å². The topological polar surface area (TPSA) is 12.0 Å². The standard InChI is InChI=1S/C9H9F2N/c10-8-3-1-2-7(4-8)9(11)5-12-6-9/h1-4,12H,5-6H2. The van der Waals surface area contributed by atoms with Crippen LogP contribution < -0.4 is 5.32 Å². The van der Waals surface area contributed by atoms with Gasteiger partial charge in [0.1, 0.15) is 5.82 Å². The highest BCUT2D eigenvalue weighted by Gasteiger charge is 2.38. The lowest BCUT2D eigenvalue weighted by atomic mass is 9.90. The molecule has 0 aromatic heterocycles. The average molecular weight is 169 g/mol. The molecule has 1 N–H and O–H groups in total. The second-order valence-electron chi connectivity index (χ2n) is 3.08. The molecule has 1 aliphatic rings. The molecule has 1 aromatic carbocycles. The number of halogens is 2. The number of hydrogen-bond donors (Lipinski definition) is 1. The lowest BCUT2D eigenvalue weighted by Gasteiger charge is -2.35. The minimum Gasteiger partial charge on any atom is -0.310 e. The average Bonchev–Trinajstić information content (AvgIpc) is 2.00. The van der Waals surface area contributed by atoms with Gasteiger partial charge in [0.05, 0.1) is 0 Å². The molecule has 1 nitrogen and oxygen atoms in total. The van der Waals surface area contributed by atoms with Crippen LogP contribution in [0.3, 0.4) is 0 Å². The Bertz CT molecular complexity index is 294. The molecule has 0 spiro atoms. The van der Waals surface area contributed by atoms with Gasteiger partial charge < -0.3 is 5.32 Å². The van der Waals surface area contributed by atoms with E-state index in [1.165, 1.54) is 18.2 Å². The van der Waals surface area contributed by atoms with E-state index in [-0.39, 0.29) is 18.9 Å². The molecule has 0 bridgehead atoms. The smallest absolute Gasteiger partial charge is 0.160 e. The van der Waals surface area contributed by atoms with Gasteiger partial charge in [-0.3, -0.25) is 0 Å². The summed E-state index contributed by atoms with van der Waals surface area (Å²) in [6, 6.07) is 5.72. The Balaban J connectivity index is 2.33. The van der Waals surface area contributed by atoms with E-state index in [9.17, 15) is 8.78 Å². The molecule has 0 radical (unpaired) electrons. The molecule has 1 saturated heterocycles. The molecular formula is C9H9F2N. The number of alkyl halides is 1. The first-order valence-electron chi connectivity index (χ1n) is 3.86. The van der Waals surface area contributed by atoms with Crippen LogP contribution in [0.5, 0.6) is 0 Å². The largest absolute Gasteiger partial charge is 0.310 e. The number of rotatable bonds is 1. The molecule has 0 aliphatic carbocycles. The molecule has 1 aromatic rings. The van der Waals surface area contributed by atoms with Crippen molar-refractivity contribution >= 4 is 0 Å². The van der Waals surface area contributed by atoms with Gasteiger partial charge in [-0.15, -0.1) is 0 Å². The lowest BCUT2D eigenvalue weighted by molar-refractivity contribution is 0.0888. The molecule has 0 amide bonds. The van der Waals surface area contributed by atoms with E-state index in [1.807, 2.05) is 0 Å². The third-order valence-corrected chi connectivity index (χ3v) is 2.15. The summed E-state index contributed by atoms with van der Waals surface area (Å²) >= 11 is 0. The van der Waals surface area contributed by atoms with Gasteiger partial charge in [0.2, 0.25) is 0 Å². The van der Waals surface area contributed by atoms with E-state index in [1.54, 1.807) is 6.07 Å². The molecule has 2 rings (SSSR count). The fourth-order valence-electron chi connectivity index (χ4n) is 1.32. The van der Waals surface area contributed by atoms with Crippen LogP contribution in [0.4, 0.5) is 8.78 Å². The van der Waals surface area contributed by atoms with Crippen LogP contribution in [-0.4, -0.2) is 13.1 Å². The highest BCUT2D eigenvalue weighted by molar-refractivity contribution is 5.26. The maximum absolute atomic E-state index is 13.6. The maximum atomic E-state index is 13.6. The molecule has 3 heteroatoms. The minimum atomic E-state index is -1.35. The monoisotopic (exact) mass is 169 g/mol. The zero-order valence-electron chi connectivity index (χ0n) is 6.48. The van der Waals surface area contributed by atoms with Crippen molar-refractivity contribution in [2.75, 3.05) is 13.1 Å². The molecule has 12 heavy (non-hydrogen) atoms. The maximum Gasteiger partial charge on any atom is 0.160 e. The van der Waals surface area contributed by atoms with Gasteiger partial charge in [0.15, 0.2) is 5.67 Å². The van der Waals surface area contributed by atoms with Crippen molar-refractivity contribution in [1.29, 1.82) is 0 Å². The fourth-order valence-corrected chi connectivity index (χ4v) is 1.32. The van der Waals surface area contributed by atoms with Crippen molar-refractivity contribution in [3.8, 4) is 0 Å². The summed E-state index contributed by atoms with van der Waals surface area (Å²) in [4.78, 5) is 0. The zero-order valence-corrected chi connectivity index (χ0v) is 6.48. The van der Waals surface area contributed by atoms with E-state index in [4.69, 9.17) is 0 Å². The summed E-state index contributed by atoms with van der Waals surface area (Å²) in [5.41, 5.74) is -0.913. The summed E-state index contributed by atoms with van der Waals surface area (Å²) in [6.07, 6.45) is 0. The fraction of sp³-hybridized carbons (Fsp3) is 0.333. The molecule has 0 saturated carbocycles. The molecule has 1 heterocycles. The molecule has 0 atom stereocenters. The highest BCUT2D eigenvalue weighted by Crippen LogP contribution is 2.29. The van der Waals surface area contributed by atoms with E-state index in [2.05, 4.69) is 5.32 Å². The highest BCUT2D eigenvalue weighted by atomic mass is 19.1. The number of hydrogen-bond acceptors (Lipinski definition) is 1. The van der Waals surface area contributed by atoms with Crippen LogP contribution in [0, 0.1) is 5.82 Å². The van der Waals surface area contributed by atoms with Gasteiger partial charge in [-0.05, 0) is 17.7 Å². The van der Waals surface area contributed by atoms with Gasteiger partial charge >= 0.3 is 0 Å². The second-order valence-corrected chi connectivity index (χ2v) is 3.08. The van der Waals surface area contributed by atoms with Crippen molar-refractivity contribution in [2.45, 2.75) is 5.67 Å². The third kappa shape index (κ3) is 1.10. The van der Waals surface area contributed by atoms with E-state index < -0.39 is 5.67 Å². The first-order chi connectivity index (χ1) is 5.71. The second kappa shape index (κ2) is 2.52. The van der Waals surface area contributed by atoms with Gasteiger partial charge in [-0.2, -0.15) is 0 Å². The summed E-state index contributed by atoms with van der Waals surface area (Å²) in [5.74, 6) is -0.378. The summed E-state index contributed by atoms with van der Waals surface area (Å²) in [7, 11) is 0. The van der Waals surface area contributed by atoms with Gasteiger partial charge in [-0.25, -0.2) is 8.78 Å². The van der Waals surface area contributed by atoms with Crippen LogP contribution in [0.2, 0.25) is 0 Å². The van der Waals surface area contributed by atoms with E-state index in [0.29, 0.717) is 5.56 Å². The first kappa shape index (κ1) is 7.68.